The van der Waals surface area contributed by atoms with Crippen molar-refractivity contribution in [3.8, 4) is 0 Å². The molecule has 0 saturated carbocycles. The molecular formula is C27H38N4O. The number of likely N-dealkylation sites (tertiary alicyclic amines) is 1. The summed E-state index contributed by atoms with van der Waals surface area (Å²) in [5.74, 6) is 0. The molecule has 0 radical (unpaired) electrons. The van der Waals surface area contributed by atoms with Gasteiger partial charge in [-0.3, -0.25) is 15.0 Å². The Labute approximate surface area is 192 Å². The summed E-state index contributed by atoms with van der Waals surface area (Å²) in [6.45, 7) is 16.2. The Bertz CT molecular complexity index is 1050. The molecule has 5 heteroatoms. The van der Waals surface area contributed by atoms with E-state index < -0.39 is 0 Å². The van der Waals surface area contributed by atoms with Crippen molar-refractivity contribution in [2.24, 2.45) is 5.41 Å². The maximum Gasteiger partial charge on any atom is 0.0695 e. The fourth-order valence-corrected chi connectivity index (χ4v) is 5.40. The lowest BCUT2D eigenvalue weighted by Gasteiger charge is -2.46. The predicted molar refractivity (Wildman–Crippen MR) is 131 cm³/mol. The van der Waals surface area contributed by atoms with Crippen LogP contribution in [0, 0.1) is 12.3 Å². The fourth-order valence-electron chi connectivity index (χ4n) is 5.40. The van der Waals surface area contributed by atoms with Crippen molar-refractivity contribution in [2.45, 2.75) is 71.9 Å². The minimum atomic E-state index is -0.197. The molecule has 0 amide bonds. The highest BCUT2D eigenvalue weighted by atomic mass is 16.5. The minimum Gasteiger partial charge on any atom is -0.375 e. The maximum absolute atomic E-state index is 6.39. The normalized spacial score (nSPS) is 20.3. The Morgan fingerprint density at radius 3 is 2.66 bits per heavy atom. The largest absolute Gasteiger partial charge is 0.375 e. The van der Waals surface area contributed by atoms with E-state index in [9.17, 15) is 0 Å². The number of H-pyrrole nitrogens is 1. The molecule has 0 bridgehead atoms. The van der Waals surface area contributed by atoms with Gasteiger partial charge < -0.3 is 4.74 Å². The molecule has 1 saturated heterocycles. The van der Waals surface area contributed by atoms with Crippen molar-refractivity contribution in [3.63, 3.8) is 0 Å². The van der Waals surface area contributed by atoms with Gasteiger partial charge in [0, 0.05) is 41.4 Å². The Balaban J connectivity index is 1.58. The number of fused-ring (bicyclic) bond motifs is 1. The van der Waals surface area contributed by atoms with Crippen LogP contribution in [0.1, 0.15) is 64.3 Å². The summed E-state index contributed by atoms with van der Waals surface area (Å²) in [6.07, 6.45) is 7.23. The highest BCUT2D eigenvalue weighted by Gasteiger charge is 2.52. The number of nitrogens with zero attached hydrogens (tertiary/aromatic N) is 3. The summed E-state index contributed by atoms with van der Waals surface area (Å²) in [5, 5.41) is 8.41. The van der Waals surface area contributed by atoms with Crippen LogP contribution in [0.2, 0.25) is 0 Å². The Hall–Kier alpha value is -2.24. The third kappa shape index (κ3) is 4.20. The van der Waals surface area contributed by atoms with Crippen molar-refractivity contribution >= 4 is 10.9 Å². The van der Waals surface area contributed by atoms with Crippen molar-refractivity contribution in [2.75, 3.05) is 19.7 Å². The van der Waals surface area contributed by atoms with Gasteiger partial charge >= 0.3 is 0 Å². The monoisotopic (exact) mass is 434 g/mol. The fraction of sp³-hybridized carbons (Fsp3) is 0.556. The van der Waals surface area contributed by atoms with Crippen molar-refractivity contribution in [3.05, 3.63) is 59.5 Å². The van der Waals surface area contributed by atoms with E-state index >= 15 is 0 Å². The van der Waals surface area contributed by atoms with Crippen LogP contribution < -0.4 is 0 Å². The molecule has 5 nitrogen and oxygen atoms in total. The first kappa shape index (κ1) is 22.9. The first-order valence-electron chi connectivity index (χ1n) is 11.9. The van der Waals surface area contributed by atoms with Crippen LogP contribution in [0.4, 0.5) is 0 Å². The first-order valence-corrected chi connectivity index (χ1v) is 11.9. The zero-order valence-electron chi connectivity index (χ0n) is 20.5. The van der Waals surface area contributed by atoms with E-state index in [1.54, 1.807) is 0 Å². The van der Waals surface area contributed by atoms with Gasteiger partial charge in [0.05, 0.1) is 17.3 Å². The lowest BCUT2D eigenvalue weighted by molar-refractivity contribution is -0.109. The third-order valence-corrected chi connectivity index (χ3v) is 7.94. The number of hydrogen-bond acceptors (Lipinski definition) is 4. The Kier molecular flexibility index (Phi) is 6.17. The van der Waals surface area contributed by atoms with Crippen molar-refractivity contribution in [1.29, 1.82) is 0 Å². The zero-order chi connectivity index (χ0) is 23.0. The second kappa shape index (κ2) is 8.60. The van der Waals surface area contributed by atoms with Gasteiger partial charge in [0.15, 0.2) is 0 Å². The van der Waals surface area contributed by atoms with Crippen LogP contribution in [0.25, 0.3) is 10.9 Å². The van der Waals surface area contributed by atoms with E-state index in [0.717, 1.165) is 50.2 Å². The summed E-state index contributed by atoms with van der Waals surface area (Å²) in [4.78, 5) is 7.21. The molecular weight excluding hydrogens is 396 g/mol. The molecule has 4 rings (SSSR count). The Morgan fingerprint density at radius 1 is 1.12 bits per heavy atom. The average molecular weight is 435 g/mol. The van der Waals surface area contributed by atoms with E-state index in [2.05, 4.69) is 85.0 Å². The first-order chi connectivity index (χ1) is 15.2. The van der Waals surface area contributed by atoms with Gasteiger partial charge in [0.1, 0.15) is 0 Å². The van der Waals surface area contributed by atoms with Crippen LogP contribution in [-0.4, -0.2) is 45.4 Å². The topological polar surface area (TPSA) is 54.0 Å². The molecule has 172 valence electrons. The molecule has 1 N–H and O–H groups in total. The van der Waals surface area contributed by atoms with Gasteiger partial charge in [-0.25, -0.2) is 0 Å². The lowest BCUT2D eigenvalue weighted by atomic mass is 9.69. The van der Waals surface area contributed by atoms with Gasteiger partial charge in [-0.05, 0) is 96.7 Å². The van der Waals surface area contributed by atoms with E-state index in [1.807, 2.05) is 19.3 Å². The molecule has 1 aliphatic heterocycles. The molecule has 32 heavy (non-hydrogen) atoms. The summed E-state index contributed by atoms with van der Waals surface area (Å²) in [7, 11) is 0. The van der Waals surface area contributed by atoms with E-state index in [1.165, 1.54) is 16.5 Å². The number of benzene rings is 1. The number of hydrogen-bond donors (Lipinski definition) is 1. The number of nitrogens with one attached hydrogen (secondary N) is 1. The van der Waals surface area contributed by atoms with E-state index in [0.29, 0.717) is 0 Å². The molecule has 1 atom stereocenters. The lowest BCUT2D eigenvalue weighted by Crippen LogP contribution is -2.50. The van der Waals surface area contributed by atoms with Gasteiger partial charge in [-0.15, -0.1) is 0 Å². The summed E-state index contributed by atoms with van der Waals surface area (Å²) in [5.41, 5.74) is 4.62. The van der Waals surface area contributed by atoms with E-state index in [4.69, 9.17) is 4.74 Å². The molecule has 2 aromatic heterocycles. The highest BCUT2D eigenvalue weighted by Crippen LogP contribution is 2.49. The molecule has 0 spiro atoms. The van der Waals surface area contributed by atoms with E-state index in [-0.39, 0.29) is 16.6 Å². The summed E-state index contributed by atoms with van der Waals surface area (Å²) in [6, 6.07) is 11.0. The smallest absolute Gasteiger partial charge is 0.0695 e. The molecule has 3 heterocycles. The minimum absolute atomic E-state index is 0.0690. The summed E-state index contributed by atoms with van der Waals surface area (Å²) < 4.78 is 6.39. The maximum atomic E-state index is 6.39. The van der Waals surface area contributed by atoms with Crippen molar-refractivity contribution in [1.82, 2.24) is 20.1 Å². The molecule has 3 aromatic rings. The van der Waals surface area contributed by atoms with Crippen molar-refractivity contribution < 1.29 is 4.74 Å². The van der Waals surface area contributed by atoms with Gasteiger partial charge in [-0.1, -0.05) is 12.1 Å². The second-order valence-electron chi connectivity index (χ2n) is 10.4. The quantitative estimate of drug-likeness (QED) is 0.498. The predicted octanol–water partition coefficient (Wildman–Crippen LogP) is 5.64. The number of ether oxygens (including phenoxy) is 1. The SMILES string of the molecule is CCOC(C)(C)[C@@]1(CCc2ccc3[nH]ncc3c2)CCN(C(C)(C)c2ccc(C)nc2)C1. The van der Waals surface area contributed by atoms with Crippen LogP contribution >= 0.6 is 0 Å². The molecule has 1 fully saturated rings. The number of aryl methyl sites for hydroxylation is 2. The van der Waals surface area contributed by atoms with Crippen LogP contribution in [0.3, 0.4) is 0 Å². The highest BCUT2D eigenvalue weighted by molar-refractivity contribution is 5.78. The number of aromatic nitrogens is 3. The molecule has 1 aliphatic rings. The average Bonchev–Trinajstić information content (AvgIpc) is 3.40. The zero-order valence-corrected chi connectivity index (χ0v) is 20.5. The summed E-state index contributed by atoms with van der Waals surface area (Å²) >= 11 is 0. The number of rotatable bonds is 8. The third-order valence-electron chi connectivity index (χ3n) is 7.94. The Morgan fingerprint density at radius 2 is 1.94 bits per heavy atom. The second-order valence-corrected chi connectivity index (χ2v) is 10.4. The number of pyridine rings is 1. The van der Waals surface area contributed by atoms with Gasteiger partial charge in [0.25, 0.3) is 0 Å². The number of aromatic amines is 1. The van der Waals surface area contributed by atoms with Gasteiger partial charge in [-0.2, -0.15) is 5.10 Å². The molecule has 1 aromatic carbocycles. The van der Waals surface area contributed by atoms with Crippen LogP contribution in [0.5, 0.6) is 0 Å². The molecule has 0 unspecified atom stereocenters. The van der Waals surface area contributed by atoms with Crippen LogP contribution in [0.15, 0.2) is 42.7 Å². The van der Waals surface area contributed by atoms with Gasteiger partial charge in [0.2, 0.25) is 0 Å². The molecule has 0 aliphatic carbocycles. The standard InChI is InChI=1S/C27H38N4O/c1-7-32-26(5,6)27(13-12-21-9-11-24-22(16-21)17-29-30-24)14-15-31(19-27)25(3,4)23-10-8-20(2)28-18-23/h8-11,16-18H,7,12-15,19H2,1-6H3,(H,29,30)/t27-/m0/s1. The van der Waals surface area contributed by atoms with Crippen LogP contribution in [-0.2, 0) is 16.7 Å².